The van der Waals surface area contributed by atoms with Crippen molar-refractivity contribution in [3.63, 3.8) is 0 Å². The van der Waals surface area contributed by atoms with Crippen LogP contribution >= 0.6 is 11.6 Å². The predicted molar refractivity (Wildman–Crippen MR) is 130 cm³/mol. The molecule has 2 aromatic carbocycles. The van der Waals surface area contributed by atoms with Crippen LogP contribution in [0.25, 0.3) is 11.4 Å². The molecule has 172 valence electrons. The van der Waals surface area contributed by atoms with Crippen LogP contribution in [0.3, 0.4) is 0 Å². The summed E-state index contributed by atoms with van der Waals surface area (Å²) in [6, 6.07) is 15.1. The Balaban J connectivity index is 1.21. The molecule has 0 fully saturated rings. The summed E-state index contributed by atoms with van der Waals surface area (Å²) in [6.45, 7) is 5.07. The van der Waals surface area contributed by atoms with Gasteiger partial charge in [-0.1, -0.05) is 23.7 Å². The van der Waals surface area contributed by atoms with Gasteiger partial charge in [0.05, 0.1) is 24.3 Å². The van der Waals surface area contributed by atoms with E-state index in [-0.39, 0.29) is 12.0 Å². The number of amides is 1. The Morgan fingerprint density at radius 2 is 1.91 bits per heavy atom. The second-order valence-corrected chi connectivity index (χ2v) is 8.89. The highest BCUT2D eigenvalue weighted by atomic mass is 35.5. The Morgan fingerprint density at radius 1 is 1.15 bits per heavy atom. The molecule has 1 N–H and O–H groups in total. The van der Waals surface area contributed by atoms with Gasteiger partial charge in [0.1, 0.15) is 11.9 Å². The number of aryl methyl sites for hydroxylation is 2. The maximum atomic E-state index is 12.7. The predicted octanol–water partition coefficient (Wildman–Crippen LogP) is 4.39. The molecule has 0 saturated heterocycles. The van der Waals surface area contributed by atoms with Gasteiger partial charge in [-0.05, 0) is 55.8 Å². The number of hydrogen-bond donors (Lipinski definition) is 1. The number of halogens is 1. The van der Waals surface area contributed by atoms with Crippen LogP contribution in [0.5, 0.6) is 5.75 Å². The Hall–Kier alpha value is -3.71. The van der Waals surface area contributed by atoms with Gasteiger partial charge in [0.15, 0.2) is 5.82 Å². The highest BCUT2D eigenvalue weighted by molar-refractivity contribution is 6.31. The summed E-state index contributed by atoms with van der Waals surface area (Å²) in [7, 11) is 0. The highest BCUT2D eigenvalue weighted by Crippen LogP contribution is 2.39. The van der Waals surface area contributed by atoms with Crippen LogP contribution in [0.1, 0.15) is 32.9 Å². The molecular weight excluding hydrogens is 450 g/mol. The van der Waals surface area contributed by atoms with Gasteiger partial charge in [-0.3, -0.25) is 9.48 Å². The van der Waals surface area contributed by atoms with Gasteiger partial charge in [-0.2, -0.15) is 5.10 Å². The normalized spacial score (nSPS) is 14.5. The van der Waals surface area contributed by atoms with Crippen LogP contribution in [-0.4, -0.2) is 38.3 Å². The van der Waals surface area contributed by atoms with Gasteiger partial charge in [0.2, 0.25) is 0 Å². The summed E-state index contributed by atoms with van der Waals surface area (Å²) in [4.78, 5) is 21.4. The summed E-state index contributed by atoms with van der Waals surface area (Å²) < 4.78 is 8.13. The molecular formula is C26H24ClN5O2. The van der Waals surface area contributed by atoms with Gasteiger partial charge in [-0.25, -0.2) is 9.97 Å². The van der Waals surface area contributed by atoms with E-state index in [1.54, 1.807) is 18.5 Å². The van der Waals surface area contributed by atoms with Crippen molar-refractivity contribution in [2.24, 2.45) is 0 Å². The van der Waals surface area contributed by atoms with E-state index in [1.165, 1.54) is 0 Å². The highest BCUT2D eigenvalue weighted by Gasteiger charge is 2.28. The summed E-state index contributed by atoms with van der Waals surface area (Å²) >= 11 is 6.32. The number of nitrogens with zero attached hydrogens (tertiary/aromatic N) is 4. The zero-order chi connectivity index (χ0) is 23.7. The van der Waals surface area contributed by atoms with Gasteiger partial charge in [0, 0.05) is 40.7 Å². The fourth-order valence-corrected chi connectivity index (χ4v) is 4.43. The molecule has 0 saturated carbocycles. The first-order chi connectivity index (χ1) is 16.5. The van der Waals surface area contributed by atoms with Crippen molar-refractivity contribution in [2.75, 3.05) is 6.54 Å². The van der Waals surface area contributed by atoms with E-state index >= 15 is 0 Å². The lowest BCUT2D eigenvalue weighted by atomic mass is 10.1. The molecule has 2 aromatic heterocycles. The number of aromatic nitrogens is 4. The van der Waals surface area contributed by atoms with Crippen LogP contribution in [-0.2, 0) is 13.0 Å². The molecule has 34 heavy (non-hydrogen) atoms. The molecule has 1 aliphatic heterocycles. The van der Waals surface area contributed by atoms with Crippen molar-refractivity contribution < 1.29 is 9.53 Å². The second kappa shape index (κ2) is 9.27. The SMILES string of the molecule is Cc1cc(C)n(Cc2ccc(C(=O)NC[C@@H]3Cc4cc(Cl)cc(-c5ncccn5)c4O3)cc2)n1. The Kier molecular flexibility index (Phi) is 6.02. The fraction of sp³-hybridized carbons (Fsp3) is 0.231. The van der Waals surface area contributed by atoms with E-state index in [4.69, 9.17) is 16.3 Å². The van der Waals surface area contributed by atoms with Gasteiger partial charge in [0.25, 0.3) is 5.91 Å². The van der Waals surface area contributed by atoms with Crippen molar-refractivity contribution in [1.82, 2.24) is 25.1 Å². The molecule has 7 nitrogen and oxygen atoms in total. The molecule has 0 bridgehead atoms. The third-order valence-electron chi connectivity index (χ3n) is 5.81. The van der Waals surface area contributed by atoms with Crippen LogP contribution in [0.15, 0.2) is 60.9 Å². The fourth-order valence-electron chi connectivity index (χ4n) is 4.19. The molecule has 0 spiro atoms. The third-order valence-corrected chi connectivity index (χ3v) is 6.03. The van der Waals surface area contributed by atoms with Crippen LogP contribution in [0.2, 0.25) is 5.02 Å². The summed E-state index contributed by atoms with van der Waals surface area (Å²) in [5.74, 6) is 1.15. The van der Waals surface area contributed by atoms with E-state index in [9.17, 15) is 4.79 Å². The average molecular weight is 474 g/mol. The lowest BCUT2D eigenvalue weighted by Crippen LogP contribution is -2.34. The number of carbonyl (C=O) groups excluding carboxylic acids is 1. The summed E-state index contributed by atoms with van der Waals surface area (Å²) in [6.07, 6.45) is 3.83. The Morgan fingerprint density at radius 3 is 2.62 bits per heavy atom. The van der Waals surface area contributed by atoms with Crippen LogP contribution in [0, 0.1) is 13.8 Å². The van der Waals surface area contributed by atoms with E-state index < -0.39 is 0 Å². The molecule has 5 rings (SSSR count). The smallest absolute Gasteiger partial charge is 0.251 e. The first-order valence-corrected chi connectivity index (χ1v) is 11.5. The minimum absolute atomic E-state index is 0.137. The largest absolute Gasteiger partial charge is 0.487 e. The van der Waals surface area contributed by atoms with Crippen LogP contribution in [0.4, 0.5) is 0 Å². The number of carbonyl (C=O) groups is 1. The molecule has 3 heterocycles. The van der Waals surface area contributed by atoms with Crippen molar-refractivity contribution in [3.05, 3.63) is 94.0 Å². The maximum Gasteiger partial charge on any atom is 0.251 e. The number of fused-ring (bicyclic) bond motifs is 1. The van der Waals surface area contributed by atoms with Gasteiger partial charge in [-0.15, -0.1) is 0 Å². The number of nitrogens with one attached hydrogen (secondary N) is 1. The van der Waals surface area contributed by atoms with E-state index in [0.29, 0.717) is 35.9 Å². The van der Waals surface area contributed by atoms with E-state index in [1.807, 2.05) is 54.9 Å². The first-order valence-electron chi connectivity index (χ1n) is 11.1. The number of benzene rings is 2. The molecule has 0 unspecified atom stereocenters. The lowest BCUT2D eigenvalue weighted by Gasteiger charge is -2.13. The maximum absolute atomic E-state index is 12.7. The monoisotopic (exact) mass is 473 g/mol. The number of rotatable bonds is 6. The quantitative estimate of drug-likeness (QED) is 0.449. The Labute approximate surface area is 202 Å². The number of ether oxygens (including phenoxy) is 1. The molecule has 4 aromatic rings. The summed E-state index contributed by atoms with van der Waals surface area (Å²) in [5.41, 5.74) is 5.55. The van der Waals surface area contributed by atoms with Crippen molar-refractivity contribution in [2.45, 2.75) is 32.9 Å². The minimum Gasteiger partial charge on any atom is -0.487 e. The molecule has 0 aliphatic carbocycles. The second-order valence-electron chi connectivity index (χ2n) is 8.45. The molecule has 1 atom stereocenters. The topological polar surface area (TPSA) is 81.9 Å². The third kappa shape index (κ3) is 4.65. The number of hydrogen-bond acceptors (Lipinski definition) is 5. The lowest BCUT2D eigenvalue weighted by molar-refractivity contribution is 0.0933. The van der Waals surface area contributed by atoms with Crippen LogP contribution < -0.4 is 10.1 Å². The zero-order valence-corrected chi connectivity index (χ0v) is 19.7. The Bertz CT molecular complexity index is 1340. The molecule has 8 heteroatoms. The van der Waals surface area contributed by atoms with Crippen molar-refractivity contribution >= 4 is 17.5 Å². The first kappa shape index (κ1) is 22.1. The average Bonchev–Trinajstić information content (AvgIpc) is 3.39. The zero-order valence-electron chi connectivity index (χ0n) is 19.0. The van der Waals surface area contributed by atoms with E-state index in [0.717, 1.165) is 33.8 Å². The van der Waals surface area contributed by atoms with Crippen molar-refractivity contribution in [3.8, 4) is 17.1 Å². The minimum atomic E-state index is -0.190. The van der Waals surface area contributed by atoms with Gasteiger partial charge >= 0.3 is 0 Å². The molecule has 0 radical (unpaired) electrons. The molecule has 1 aliphatic rings. The van der Waals surface area contributed by atoms with Gasteiger partial charge < -0.3 is 10.1 Å². The standard InChI is InChI=1S/C26H24ClN5O2/c1-16-10-17(2)32(31-16)15-18-4-6-19(7-5-18)26(33)30-14-22-12-20-11-21(27)13-23(24(20)34-22)25-28-8-3-9-29-25/h3-11,13,22H,12,14-15H2,1-2H3,(H,30,33)/t22-/m0/s1. The molecule has 1 amide bonds. The van der Waals surface area contributed by atoms with Crippen molar-refractivity contribution in [1.29, 1.82) is 0 Å². The van der Waals surface area contributed by atoms with E-state index in [2.05, 4.69) is 26.4 Å². The summed E-state index contributed by atoms with van der Waals surface area (Å²) in [5, 5.41) is 8.08.